The Hall–Kier alpha value is -1.93. The molecule has 0 aromatic heterocycles. The van der Waals surface area contributed by atoms with Crippen molar-refractivity contribution in [3.63, 3.8) is 0 Å². The lowest BCUT2D eigenvalue weighted by Gasteiger charge is -2.17. The van der Waals surface area contributed by atoms with Crippen LogP contribution in [0.2, 0.25) is 0 Å². The van der Waals surface area contributed by atoms with Gasteiger partial charge in [0, 0.05) is 37.2 Å². The summed E-state index contributed by atoms with van der Waals surface area (Å²) in [6, 6.07) is 15.7. The van der Waals surface area contributed by atoms with E-state index in [1.54, 1.807) is 19.1 Å². The lowest BCUT2D eigenvalue weighted by Crippen LogP contribution is -2.32. The minimum absolute atomic E-state index is 0. The van der Waals surface area contributed by atoms with E-state index >= 15 is 0 Å². The number of nitrogens with one attached hydrogen (secondary N) is 1. The fourth-order valence-corrected chi connectivity index (χ4v) is 4.65. The molecule has 0 aliphatic carbocycles. The van der Waals surface area contributed by atoms with Gasteiger partial charge in [0.1, 0.15) is 0 Å². The highest BCUT2D eigenvalue weighted by molar-refractivity contribution is 7.89. The third-order valence-corrected chi connectivity index (χ3v) is 6.50. The van der Waals surface area contributed by atoms with Crippen LogP contribution in [0.15, 0.2) is 59.5 Å². The zero-order chi connectivity index (χ0) is 18.7. The van der Waals surface area contributed by atoms with E-state index in [-0.39, 0.29) is 41.7 Å². The number of halogens is 1. The van der Waals surface area contributed by atoms with Crippen LogP contribution in [0, 0.1) is 0 Å². The first-order valence-corrected chi connectivity index (χ1v) is 10.1. The van der Waals surface area contributed by atoms with Crippen LogP contribution in [0.3, 0.4) is 0 Å². The maximum atomic E-state index is 12.9. The summed E-state index contributed by atoms with van der Waals surface area (Å²) in [7, 11) is -3.62. The SMILES string of the molecule is CCC(=O)Nc1ccc(S(=O)(=O)N2C[C@@H](N)[C@H](c3ccccc3)C2)cc1.Cl. The number of sulfonamides is 1. The van der Waals surface area contributed by atoms with Crippen molar-refractivity contribution in [2.24, 2.45) is 5.73 Å². The van der Waals surface area contributed by atoms with E-state index in [1.807, 2.05) is 30.3 Å². The molecule has 2 aromatic carbocycles. The summed E-state index contributed by atoms with van der Waals surface area (Å²) in [5.41, 5.74) is 7.85. The Morgan fingerprint density at radius 2 is 1.74 bits per heavy atom. The minimum Gasteiger partial charge on any atom is -0.326 e. The average Bonchev–Trinajstić information content (AvgIpc) is 3.05. The molecule has 0 spiro atoms. The lowest BCUT2D eigenvalue weighted by molar-refractivity contribution is -0.115. The van der Waals surface area contributed by atoms with E-state index in [4.69, 9.17) is 5.73 Å². The first-order chi connectivity index (χ1) is 12.4. The topological polar surface area (TPSA) is 92.5 Å². The van der Waals surface area contributed by atoms with Crippen LogP contribution in [-0.2, 0) is 14.8 Å². The summed E-state index contributed by atoms with van der Waals surface area (Å²) in [6.07, 6.45) is 0.368. The summed E-state index contributed by atoms with van der Waals surface area (Å²) in [5.74, 6) is -0.133. The maximum absolute atomic E-state index is 12.9. The number of carbonyl (C=O) groups excluding carboxylic acids is 1. The molecule has 1 aliphatic heterocycles. The van der Waals surface area contributed by atoms with Crippen LogP contribution in [0.1, 0.15) is 24.8 Å². The van der Waals surface area contributed by atoms with Crippen LogP contribution >= 0.6 is 12.4 Å². The van der Waals surface area contributed by atoms with E-state index in [9.17, 15) is 13.2 Å². The number of nitrogens with zero attached hydrogens (tertiary/aromatic N) is 1. The molecule has 8 heteroatoms. The third-order valence-electron chi connectivity index (χ3n) is 4.66. The number of hydrogen-bond donors (Lipinski definition) is 2. The van der Waals surface area contributed by atoms with E-state index in [0.29, 0.717) is 18.7 Å². The molecule has 0 bridgehead atoms. The first kappa shape index (κ1) is 21.4. The van der Waals surface area contributed by atoms with E-state index in [0.717, 1.165) is 5.56 Å². The molecule has 1 saturated heterocycles. The Labute approximate surface area is 166 Å². The smallest absolute Gasteiger partial charge is 0.243 e. The molecule has 6 nitrogen and oxygen atoms in total. The number of amides is 1. The van der Waals surface area contributed by atoms with Crippen molar-refractivity contribution in [2.75, 3.05) is 18.4 Å². The van der Waals surface area contributed by atoms with Gasteiger partial charge in [0.15, 0.2) is 0 Å². The van der Waals surface area contributed by atoms with Crippen LogP contribution in [0.25, 0.3) is 0 Å². The highest BCUT2D eigenvalue weighted by atomic mass is 35.5. The Morgan fingerprint density at radius 3 is 2.33 bits per heavy atom. The van der Waals surface area contributed by atoms with E-state index in [1.165, 1.54) is 16.4 Å². The van der Waals surface area contributed by atoms with Crippen molar-refractivity contribution in [1.29, 1.82) is 0 Å². The summed E-state index contributed by atoms with van der Waals surface area (Å²) in [4.78, 5) is 11.6. The molecule has 3 rings (SSSR count). The molecule has 146 valence electrons. The molecule has 1 amide bonds. The van der Waals surface area contributed by atoms with E-state index in [2.05, 4.69) is 5.32 Å². The predicted octanol–water partition coefficient (Wildman–Crippen LogP) is 2.57. The molecular formula is C19H24ClN3O3S. The van der Waals surface area contributed by atoms with Crippen molar-refractivity contribution in [3.05, 3.63) is 60.2 Å². The van der Waals surface area contributed by atoms with Gasteiger partial charge in [0.25, 0.3) is 0 Å². The molecule has 1 aliphatic rings. The molecule has 3 N–H and O–H groups in total. The van der Waals surface area contributed by atoms with Gasteiger partial charge < -0.3 is 11.1 Å². The van der Waals surface area contributed by atoms with Crippen molar-refractivity contribution < 1.29 is 13.2 Å². The highest BCUT2D eigenvalue weighted by Crippen LogP contribution is 2.30. The third kappa shape index (κ3) is 4.68. The van der Waals surface area contributed by atoms with Gasteiger partial charge in [0.05, 0.1) is 4.90 Å². The second kappa shape index (κ2) is 8.84. The normalized spacial score (nSPS) is 20.1. The Kier molecular flexibility index (Phi) is 7.00. The quantitative estimate of drug-likeness (QED) is 0.793. The van der Waals surface area contributed by atoms with Crippen molar-refractivity contribution >= 4 is 34.0 Å². The van der Waals surface area contributed by atoms with Gasteiger partial charge in [-0.15, -0.1) is 12.4 Å². The molecule has 1 heterocycles. The standard InChI is InChI=1S/C19H23N3O3S.ClH/c1-2-19(23)21-15-8-10-16(11-9-15)26(24,25)22-12-17(18(20)13-22)14-6-4-3-5-7-14;/h3-11,17-18H,2,12-13,20H2,1H3,(H,21,23);1H/t17-,18+;/m0./s1. The highest BCUT2D eigenvalue weighted by Gasteiger charge is 2.38. The van der Waals surface area contributed by atoms with Gasteiger partial charge in [-0.25, -0.2) is 8.42 Å². The number of nitrogens with two attached hydrogens (primary N) is 1. The lowest BCUT2D eigenvalue weighted by atomic mass is 9.95. The fourth-order valence-electron chi connectivity index (χ4n) is 3.15. The number of anilines is 1. The van der Waals surface area contributed by atoms with Gasteiger partial charge in [-0.1, -0.05) is 37.3 Å². The second-order valence-corrected chi connectivity index (χ2v) is 8.37. The zero-order valence-electron chi connectivity index (χ0n) is 15.0. The first-order valence-electron chi connectivity index (χ1n) is 8.62. The molecule has 0 saturated carbocycles. The average molecular weight is 410 g/mol. The molecule has 2 aromatic rings. The molecule has 27 heavy (non-hydrogen) atoms. The Balaban J connectivity index is 0.00000261. The van der Waals surface area contributed by atoms with Gasteiger partial charge in [-0.05, 0) is 29.8 Å². The minimum atomic E-state index is -3.62. The molecule has 0 unspecified atom stereocenters. The van der Waals surface area contributed by atoms with Crippen molar-refractivity contribution in [2.45, 2.75) is 30.2 Å². The van der Waals surface area contributed by atoms with Crippen molar-refractivity contribution in [3.8, 4) is 0 Å². The summed E-state index contributed by atoms with van der Waals surface area (Å²) >= 11 is 0. The Bertz CT molecular complexity index is 873. The molecular weight excluding hydrogens is 386 g/mol. The monoisotopic (exact) mass is 409 g/mol. The second-order valence-electron chi connectivity index (χ2n) is 6.43. The van der Waals surface area contributed by atoms with Gasteiger partial charge in [-0.2, -0.15) is 4.31 Å². The maximum Gasteiger partial charge on any atom is 0.243 e. The van der Waals surface area contributed by atoms with Crippen molar-refractivity contribution in [1.82, 2.24) is 4.31 Å². The summed E-state index contributed by atoms with van der Waals surface area (Å²) in [6.45, 7) is 2.41. The zero-order valence-corrected chi connectivity index (χ0v) is 16.7. The van der Waals surface area contributed by atoms with Gasteiger partial charge in [0.2, 0.25) is 15.9 Å². The number of benzene rings is 2. The Morgan fingerprint density at radius 1 is 1.11 bits per heavy atom. The molecule has 0 radical (unpaired) electrons. The largest absolute Gasteiger partial charge is 0.326 e. The summed E-state index contributed by atoms with van der Waals surface area (Å²) in [5, 5.41) is 2.71. The van der Waals surface area contributed by atoms with Crippen LogP contribution in [0.4, 0.5) is 5.69 Å². The van der Waals surface area contributed by atoms with Crippen LogP contribution < -0.4 is 11.1 Å². The van der Waals surface area contributed by atoms with Gasteiger partial charge in [-0.3, -0.25) is 4.79 Å². The van der Waals surface area contributed by atoms with Crippen LogP contribution in [0.5, 0.6) is 0 Å². The number of carbonyl (C=O) groups is 1. The fraction of sp³-hybridized carbons (Fsp3) is 0.316. The summed E-state index contributed by atoms with van der Waals surface area (Å²) < 4.78 is 27.3. The molecule has 1 fully saturated rings. The van der Waals surface area contributed by atoms with E-state index < -0.39 is 10.0 Å². The van der Waals surface area contributed by atoms with Gasteiger partial charge >= 0.3 is 0 Å². The predicted molar refractivity (Wildman–Crippen MR) is 109 cm³/mol. The molecule has 2 atom stereocenters. The van der Waals surface area contributed by atoms with Crippen LogP contribution in [-0.4, -0.2) is 37.8 Å². The number of hydrogen-bond acceptors (Lipinski definition) is 4. The number of rotatable bonds is 5.